The third-order valence-electron chi connectivity index (χ3n) is 3.11. The standard InChI is InChI=1S/C13H18N2O2/c1-17-12-5-4-10(7-11(12)8-14)9-15-6-2-3-13(15)16/h4-5,7H,2-3,6,8-9,14H2,1H3. The van der Waals surface area contributed by atoms with Crippen LogP contribution in [0.25, 0.3) is 0 Å². The first-order valence-corrected chi connectivity index (χ1v) is 5.88. The summed E-state index contributed by atoms with van der Waals surface area (Å²) in [4.78, 5) is 13.4. The van der Waals surface area contributed by atoms with Crippen LogP contribution >= 0.6 is 0 Å². The summed E-state index contributed by atoms with van der Waals surface area (Å²) in [5.41, 5.74) is 7.77. The van der Waals surface area contributed by atoms with Crippen molar-refractivity contribution < 1.29 is 9.53 Å². The van der Waals surface area contributed by atoms with E-state index < -0.39 is 0 Å². The molecule has 2 N–H and O–H groups in total. The molecule has 1 heterocycles. The van der Waals surface area contributed by atoms with E-state index in [1.54, 1.807) is 7.11 Å². The zero-order valence-corrected chi connectivity index (χ0v) is 10.1. The Morgan fingerprint density at radius 1 is 1.47 bits per heavy atom. The van der Waals surface area contributed by atoms with Crippen LogP contribution in [0.2, 0.25) is 0 Å². The number of amides is 1. The maximum absolute atomic E-state index is 11.5. The molecule has 4 nitrogen and oxygen atoms in total. The Morgan fingerprint density at radius 3 is 2.88 bits per heavy atom. The molecule has 1 aliphatic heterocycles. The zero-order chi connectivity index (χ0) is 12.3. The van der Waals surface area contributed by atoms with Crippen LogP contribution in [0.1, 0.15) is 24.0 Å². The predicted octanol–water partition coefficient (Wildman–Crippen LogP) is 1.28. The minimum Gasteiger partial charge on any atom is -0.496 e. The normalized spacial score (nSPS) is 15.4. The summed E-state index contributed by atoms with van der Waals surface area (Å²) in [6.07, 6.45) is 1.65. The molecular weight excluding hydrogens is 216 g/mol. The highest BCUT2D eigenvalue weighted by Crippen LogP contribution is 2.21. The third kappa shape index (κ3) is 2.58. The molecule has 2 rings (SSSR count). The van der Waals surface area contributed by atoms with Crippen molar-refractivity contribution in [1.82, 2.24) is 4.90 Å². The number of ether oxygens (including phenoxy) is 1. The van der Waals surface area contributed by atoms with Crippen molar-refractivity contribution in [2.45, 2.75) is 25.9 Å². The van der Waals surface area contributed by atoms with Gasteiger partial charge in [0.2, 0.25) is 5.91 Å². The van der Waals surface area contributed by atoms with Crippen LogP contribution in [0.3, 0.4) is 0 Å². The second-order valence-electron chi connectivity index (χ2n) is 4.27. The minimum absolute atomic E-state index is 0.245. The van der Waals surface area contributed by atoms with Crippen LogP contribution in [0.4, 0.5) is 0 Å². The van der Waals surface area contributed by atoms with Gasteiger partial charge < -0.3 is 15.4 Å². The van der Waals surface area contributed by atoms with E-state index in [1.165, 1.54) is 0 Å². The Kier molecular flexibility index (Phi) is 3.64. The Bertz CT molecular complexity index is 418. The lowest BCUT2D eigenvalue weighted by Gasteiger charge is -2.16. The fourth-order valence-electron chi connectivity index (χ4n) is 2.18. The van der Waals surface area contributed by atoms with E-state index >= 15 is 0 Å². The zero-order valence-electron chi connectivity index (χ0n) is 10.1. The minimum atomic E-state index is 0.245. The average Bonchev–Trinajstić information content (AvgIpc) is 2.75. The first kappa shape index (κ1) is 11.9. The number of carbonyl (C=O) groups excluding carboxylic acids is 1. The summed E-state index contributed by atoms with van der Waals surface area (Å²) in [5, 5.41) is 0. The fraction of sp³-hybridized carbons (Fsp3) is 0.462. The molecule has 1 aliphatic rings. The van der Waals surface area contributed by atoms with Crippen LogP contribution in [0.5, 0.6) is 5.75 Å². The topological polar surface area (TPSA) is 55.6 Å². The van der Waals surface area contributed by atoms with Crippen molar-refractivity contribution in [3.05, 3.63) is 29.3 Å². The van der Waals surface area contributed by atoms with Crippen molar-refractivity contribution in [1.29, 1.82) is 0 Å². The number of carbonyl (C=O) groups is 1. The molecule has 1 aromatic carbocycles. The van der Waals surface area contributed by atoms with Crippen LogP contribution in [0.15, 0.2) is 18.2 Å². The molecule has 1 fully saturated rings. The Labute approximate surface area is 101 Å². The van der Waals surface area contributed by atoms with Gasteiger partial charge in [0.05, 0.1) is 7.11 Å². The van der Waals surface area contributed by atoms with Crippen LogP contribution < -0.4 is 10.5 Å². The first-order valence-electron chi connectivity index (χ1n) is 5.88. The first-order chi connectivity index (χ1) is 8.24. The Morgan fingerprint density at radius 2 is 2.29 bits per heavy atom. The number of hydrogen-bond acceptors (Lipinski definition) is 3. The van der Waals surface area contributed by atoms with Gasteiger partial charge in [-0.2, -0.15) is 0 Å². The maximum Gasteiger partial charge on any atom is 0.222 e. The molecule has 0 saturated carbocycles. The van der Waals surface area contributed by atoms with Crippen LogP contribution in [0, 0.1) is 0 Å². The number of nitrogens with two attached hydrogens (primary N) is 1. The molecule has 0 aliphatic carbocycles. The summed E-state index contributed by atoms with van der Waals surface area (Å²) in [5.74, 6) is 1.05. The molecule has 1 amide bonds. The van der Waals surface area contributed by atoms with Crippen molar-refractivity contribution in [2.75, 3.05) is 13.7 Å². The second kappa shape index (κ2) is 5.19. The van der Waals surface area contributed by atoms with Gasteiger partial charge in [-0.1, -0.05) is 6.07 Å². The van der Waals surface area contributed by atoms with E-state index in [0.29, 0.717) is 19.5 Å². The molecule has 1 aromatic rings. The van der Waals surface area contributed by atoms with Gasteiger partial charge in [0.25, 0.3) is 0 Å². The summed E-state index contributed by atoms with van der Waals surface area (Å²) in [7, 11) is 1.64. The summed E-state index contributed by atoms with van der Waals surface area (Å²) in [6.45, 7) is 1.99. The predicted molar refractivity (Wildman–Crippen MR) is 65.5 cm³/mol. The van der Waals surface area contributed by atoms with Crippen molar-refractivity contribution in [3.8, 4) is 5.75 Å². The van der Waals surface area contributed by atoms with Gasteiger partial charge in [-0.05, 0) is 24.1 Å². The molecular formula is C13H18N2O2. The highest BCUT2D eigenvalue weighted by Gasteiger charge is 2.20. The lowest BCUT2D eigenvalue weighted by Crippen LogP contribution is -2.23. The fourth-order valence-corrected chi connectivity index (χ4v) is 2.18. The van der Waals surface area contributed by atoms with Gasteiger partial charge >= 0.3 is 0 Å². The number of benzene rings is 1. The maximum atomic E-state index is 11.5. The molecule has 92 valence electrons. The van der Waals surface area contributed by atoms with Gasteiger partial charge in [-0.15, -0.1) is 0 Å². The van der Waals surface area contributed by atoms with E-state index in [-0.39, 0.29) is 5.91 Å². The molecule has 0 spiro atoms. The van der Waals surface area contributed by atoms with E-state index in [0.717, 1.165) is 29.8 Å². The average molecular weight is 234 g/mol. The van der Waals surface area contributed by atoms with Gasteiger partial charge in [0, 0.05) is 31.6 Å². The van der Waals surface area contributed by atoms with Crippen molar-refractivity contribution in [3.63, 3.8) is 0 Å². The highest BCUT2D eigenvalue weighted by molar-refractivity contribution is 5.78. The van der Waals surface area contributed by atoms with Gasteiger partial charge in [0.1, 0.15) is 5.75 Å². The number of methoxy groups -OCH3 is 1. The van der Waals surface area contributed by atoms with Crippen molar-refractivity contribution in [2.24, 2.45) is 5.73 Å². The molecule has 0 unspecified atom stereocenters. The van der Waals surface area contributed by atoms with Gasteiger partial charge in [-0.25, -0.2) is 0 Å². The largest absolute Gasteiger partial charge is 0.496 e. The molecule has 0 radical (unpaired) electrons. The Hall–Kier alpha value is -1.55. The summed E-state index contributed by atoms with van der Waals surface area (Å²) < 4.78 is 5.22. The summed E-state index contributed by atoms with van der Waals surface area (Å²) in [6, 6.07) is 5.92. The van der Waals surface area contributed by atoms with E-state index in [2.05, 4.69) is 0 Å². The lowest BCUT2D eigenvalue weighted by atomic mass is 10.1. The molecule has 0 bridgehead atoms. The molecule has 1 saturated heterocycles. The number of rotatable bonds is 4. The van der Waals surface area contributed by atoms with Crippen LogP contribution in [-0.4, -0.2) is 24.5 Å². The quantitative estimate of drug-likeness (QED) is 0.853. The SMILES string of the molecule is COc1ccc(CN2CCCC2=O)cc1CN. The molecule has 17 heavy (non-hydrogen) atoms. The van der Waals surface area contributed by atoms with Crippen LogP contribution in [-0.2, 0) is 17.9 Å². The Balaban J connectivity index is 2.13. The highest BCUT2D eigenvalue weighted by atomic mass is 16.5. The molecule has 0 aromatic heterocycles. The number of hydrogen-bond donors (Lipinski definition) is 1. The van der Waals surface area contributed by atoms with E-state index in [9.17, 15) is 4.79 Å². The number of likely N-dealkylation sites (tertiary alicyclic amines) is 1. The molecule has 0 atom stereocenters. The van der Waals surface area contributed by atoms with Crippen molar-refractivity contribution >= 4 is 5.91 Å². The van der Waals surface area contributed by atoms with Gasteiger partial charge in [0.15, 0.2) is 0 Å². The molecule has 4 heteroatoms. The van der Waals surface area contributed by atoms with Gasteiger partial charge in [-0.3, -0.25) is 4.79 Å². The second-order valence-corrected chi connectivity index (χ2v) is 4.27. The lowest BCUT2D eigenvalue weighted by molar-refractivity contribution is -0.128. The monoisotopic (exact) mass is 234 g/mol. The smallest absolute Gasteiger partial charge is 0.222 e. The third-order valence-corrected chi connectivity index (χ3v) is 3.11. The van der Waals surface area contributed by atoms with E-state index in [4.69, 9.17) is 10.5 Å². The summed E-state index contributed by atoms with van der Waals surface area (Å²) >= 11 is 0. The number of nitrogens with zero attached hydrogens (tertiary/aromatic N) is 1. The van der Waals surface area contributed by atoms with E-state index in [1.807, 2.05) is 23.1 Å².